The number of hydrogen-bond donors (Lipinski definition) is 1. The van der Waals surface area contributed by atoms with Crippen LogP contribution in [0.2, 0.25) is 0 Å². The second kappa shape index (κ2) is 9.58. The maximum Gasteiger partial charge on any atom is 0.313 e. The summed E-state index contributed by atoms with van der Waals surface area (Å²) in [5.74, 6) is -0.209. The van der Waals surface area contributed by atoms with Crippen molar-refractivity contribution < 1.29 is 19.4 Å². The molecule has 1 saturated heterocycles. The monoisotopic (exact) mass is 436 g/mol. The highest BCUT2D eigenvalue weighted by molar-refractivity contribution is 5.82. The van der Waals surface area contributed by atoms with Crippen LogP contribution < -0.4 is 0 Å². The van der Waals surface area contributed by atoms with Crippen molar-refractivity contribution >= 4 is 17.4 Å². The molecule has 0 radical (unpaired) electrons. The van der Waals surface area contributed by atoms with Gasteiger partial charge in [-0.25, -0.2) is 9.97 Å². The standard InChI is InChI=1S/C24H28N4O4/c1-32-17-24(23(30)31)9-14-28(16-24)21(29)15-27-12-7-19(8-13-27)18-3-5-20(6-4-18)22-25-10-2-11-26-22/h2-7,10-11H,8-9,12-17H2,1H3,(H,30,31)/t24-/m1/s1. The number of aromatic nitrogens is 2. The van der Waals surface area contributed by atoms with E-state index in [0.717, 1.165) is 18.5 Å². The number of carboxylic acid groups (broad SMARTS) is 1. The Morgan fingerprint density at radius 3 is 2.47 bits per heavy atom. The molecule has 4 rings (SSSR count). The van der Waals surface area contributed by atoms with Gasteiger partial charge in [0.25, 0.3) is 0 Å². The van der Waals surface area contributed by atoms with E-state index in [9.17, 15) is 14.7 Å². The molecule has 0 unspecified atom stereocenters. The lowest BCUT2D eigenvalue weighted by atomic mass is 9.88. The molecule has 0 aliphatic carbocycles. The Morgan fingerprint density at radius 1 is 1.12 bits per heavy atom. The van der Waals surface area contributed by atoms with E-state index >= 15 is 0 Å². The second-order valence-electron chi connectivity index (χ2n) is 8.45. The quantitative estimate of drug-likeness (QED) is 0.711. The molecule has 1 atom stereocenters. The average molecular weight is 437 g/mol. The van der Waals surface area contributed by atoms with Crippen LogP contribution in [0.25, 0.3) is 17.0 Å². The van der Waals surface area contributed by atoms with Crippen molar-refractivity contribution in [3.63, 3.8) is 0 Å². The van der Waals surface area contributed by atoms with E-state index < -0.39 is 11.4 Å². The van der Waals surface area contributed by atoms with E-state index in [0.29, 0.717) is 31.9 Å². The van der Waals surface area contributed by atoms with E-state index in [-0.39, 0.29) is 19.1 Å². The van der Waals surface area contributed by atoms with Gasteiger partial charge in [0.1, 0.15) is 5.41 Å². The number of carbonyl (C=O) groups excluding carboxylic acids is 1. The molecule has 8 heteroatoms. The lowest BCUT2D eigenvalue weighted by Crippen LogP contribution is -2.44. The highest BCUT2D eigenvalue weighted by Crippen LogP contribution is 2.31. The normalized spacial score (nSPS) is 21.4. The van der Waals surface area contributed by atoms with Gasteiger partial charge in [-0.1, -0.05) is 30.3 Å². The number of hydrogen-bond acceptors (Lipinski definition) is 6. The first-order valence-electron chi connectivity index (χ1n) is 10.8. The molecule has 3 heterocycles. The Labute approximate surface area is 187 Å². The van der Waals surface area contributed by atoms with Crippen molar-refractivity contribution in [2.75, 3.05) is 46.4 Å². The number of carboxylic acids is 1. The molecule has 32 heavy (non-hydrogen) atoms. The highest BCUT2D eigenvalue weighted by Gasteiger charge is 2.46. The first kappa shape index (κ1) is 22.1. The van der Waals surface area contributed by atoms with Gasteiger partial charge in [-0.05, 0) is 30.0 Å². The molecule has 0 bridgehead atoms. The van der Waals surface area contributed by atoms with Crippen molar-refractivity contribution in [2.24, 2.45) is 5.41 Å². The van der Waals surface area contributed by atoms with Gasteiger partial charge in [0.15, 0.2) is 5.82 Å². The molecule has 2 aliphatic heterocycles. The summed E-state index contributed by atoms with van der Waals surface area (Å²) in [6, 6.07) is 10.0. The zero-order valence-electron chi connectivity index (χ0n) is 18.2. The Hall–Kier alpha value is -3.10. The van der Waals surface area contributed by atoms with Crippen LogP contribution >= 0.6 is 0 Å². The van der Waals surface area contributed by atoms with Crippen molar-refractivity contribution in [3.05, 3.63) is 54.4 Å². The Balaban J connectivity index is 1.33. The number of carbonyl (C=O) groups is 2. The minimum Gasteiger partial charge on any atom is -0.481 e. The minimum atomic E-state index is -0.990. The van der Waals surface area contributed by atoms with Crippen LogP contribution in [0, 0.1) is 5.41 Å². The number of methoxy groups -OCH3 is 1. The smallest absolute Gasteiger partial charge is 0.313 e. The van der Waals surface area contributed by atoms with E-state index in [1.54, 1.807) is 23.4 Å². The number of amides is 1. The molecule has 2 aromatic rings. The van der Waals surface area contributed by atoms with Gasteiger partial charge in [0, 0.05) is 51.2 Å². The zero-order chi connectivity index (χ0) is 22.6. The van der Waals surface area contributed by atoms with Gasteiger partial charge in [-0.3, -0.25) is 14.5 Å². The number of nitrogens with zero attached hydrogens (tertiary/aromatic N) is 4. The number of rotatable bonds is 7. The van der Waals surface area contributed by atoms with Crippen molar-refractivity contribution in [1.29, 1.82) is 0 Å². The molecule has 1 amide bonds. The van der Waals surface area contributed by atoms with Crippen molar-refractivity contribution in [3.8, 4) is 11.4 Å². The average Bonchev–Trinajstić information content (AvgIpc) is 3.26. The second-order valence-corrected chi connectivity index (χ2v) is 8.45. The predicted octanol–water partition coefficient (Wildman–Crippen LogP) is 2.18. The van der Waals surface area contributed by atoms with Crippen molar-refractivity contribution in [2.45, 2.75) is 12.8 Å². The first-order chi connectivity index (χ1) is 15.5. The Morgan fingerprint density at radius 2 is 1.84 bits per heavy atom. The third kappa shape index (κ3) is 4.71. The van der Waals surface area contributed by atoms with Crippen LogP contribution in [0.15, 0.2) is 48.8 Å². The van der Waals surface area contributed by atoms with Crippen LogP contribution in [0.4, 0.5) is 0 Å². The molecule has 2 aliphatic rings. The van der Waals surface area contributed by atoms with E-state index in [4.69, 9.17) is 4.74 Å². The van der Waals surface area contributed by atoms with Gasteiger partial charge in [-0.2, -0.15) is 0 Å². The Kier molecular flexibility index (Phi) is 6.62. The lowest BCUT2D eigenvalue weighted by Gasteiger charge is -2.29. The number of benzene rings is 1. The fourth-order valence-electron chi connectivity index (χ4n) is 4.41. The zero-order valence-corrected chi connectivity index (χ0v) is 18.2. The summed E-state index contributed by atoms with van der Waals surface area (Å²) in [5.41, 5.74) is 2.42. The molecule has 8 nitrogen and oxygen atoms in total. The van der Waals surface area contributed by atoms with Gasteiger partial charge in [0.2, 0.25) is 5.91 Å². The molecule has 1 fully saturated rings. The Bertz CT molecular complexity index is 993. The van der Waals surface area contributed by atoms with Crippen LogP contribution in [0.1, 0.15) is 18.4 Å². The number of aliphatic carboxylic acids is 1. The third-order valence-electron chi connectivity index (χ3n) is 6.31. The topological polar surface area (TPSA) is 95.9 Å². The highest BCUT2D eigenvalue weighted by atomic mass is 16.5. The molecule has 0 saturated carbocycles. The predicted molar refractivity (Wildman–Crippen MR) is 120 cm³/mol. The number of ether oxygens (including phenoxy) is 1. The van der Waals surface area contributed by atoms with Crippen LogP contribution in [0.5, 0.6) is 0 Å². The van der Waals surface area contributed by atoms with Crippen molar-refractivity contribution in [1.82, 2.24) is 19.8 Å². The molecule has 1 aromatic carbocycles. The van der Waals surface area contributed by atoms with Gasteiger partial charge < -0.3 is 14.7 Å². The summed E-state index contributed by atoms with van der Waals surface area (Å²) in [7, 11) is 1.50. The number of likely N-dealkylation sites (tertiary alicyclic amines) is 1. The van der Waals surface area contributed by atoms with Crippen LogP contribution in [-0.2, 0) is 14.3 Å². The lowest BCUT2D eigenvalue weighted by molar-refractivity contribution is -0.151. The molecule has 0 spiro atoms. The largest absolute Gasteiger partial charge is 0.481 e. The molecule has 1 N–H and O–H groups in total. The first-order valence-corrected chi connectivity index (χ1v) is 10.8. The van der Waals surface area contributed by atoms with Crippen LogP contribution in [0.3, 0.4) is 0 Å². The fourth-order valence-corrected chi connectivity index (χ4v) is 4.41. The van der Waals surface area contributed by atoms with Crippen LogP contribution in [-0.4, -0.2) is 83.2 Å². The molecular formula is C24H28N4O4. The van der Waals surface area contributed by atoms with E-state index in [1.807, 2.05) is 12.1 Å². The minimum absolute atomic E-state index is 0.0201. The fraction of sp³-hybridized carbons (Fsp3) is 0.417. The summed E-state index contributed by atoms with van der Waals surface area (Å²) < 4.78 is 5.11. The SMILES string of the molecule is COC[C@@]1(C(=O)O)CCN(C(=O)CN2CC=C(c3ccc(-c4ncccn4)cc3)CC2)C1. The van der Waals surface area contributed by atoms with E-state index in [2.05, 4.69) is 33.1 Å². The summed E-state index contributed by atoms with van der Waals surface area (Å²) in [4.78, 5) is 36.8. The molecular weight excluding hydrogens is 408 g/mol. The maximum atomic E-state index is 12.8. The summed E-state index contributed by atoms with van der Waals surface area (Å²) in [6.45, 7) is 2.58. The summed E-state index contributed by atoms with van der Waals surface area (Å²) >= 11 is 0. The third-order valence-corrected chi connectivity index (χ3v) is 6.31. The van der Waals surface area contributed by atoms with E-state index in [1.165, 1.54) is 18.2 Å². The maximum absolute atomic E-state index is 12.8. The van der Waals surface area contributed by atoms with Gasteiger partial charge in [0.05, 0.1) is 13.2 Å². The summed E-state index contributed by atoms with van der Waals surface area (Å²) in [6.07, 6.45) is 6.92. The van der Waals surface area contributed by atoms with Gasteiger partial charge >= 0.3 is 5.97 Å². The molecule has 168 valence electrons. The van der Waals surface area contributed by atoms with Gasteiger partial charge in [-0.15, -0.1) is 0 Å². The summed E-state index contributed by atoms with van der Waals surface area (Å²) in [5, 5.41) is 9.59. The molecule has 1 aromatic heterocycles.